The van der Waals surface area contributed by atoms with Crippen LogP contribution in [0.1, 0.15) is 23.1 Å². The van der Waals surface area contributed by atoms with Gasteiger partial charge >= 0.3 is 5.97 Å². The molecule has 144 valence electrons. The van der Waals surface area contributed by atoms with Gasteiger partial charge in [-0.2, -0.15) is 0 Å². The third kappa shape index (κ3) is 3.58. The molecule has 1 aliphatic rings. The number of anilines is 1. The summed E-state index contributed by atoms with van der Waals surface area (Å²) in [7, 11) is 1.72. The quantitative estimate of drug-likeness (QED) is 0.708. The zero-order valence-electron chi connectivity index (χ0n) is 15.6. The summed E-state index contributed by atoms with van der Waals surface area (Å²) in [5.41, 5.74) is 5.14. The molecule has 0 bridgehead atoms. The molecule has 0 spiro atoms. The summed E-state index contributed by atoms with van der Waals surface area (Å²) in [6.07, 6.45) is 5.27. The Hall–Kier alpha value is -3.28. The molecule has 0 saturated heterocycles. The van der Waals surface area contributed by atoms with E-state index in [1.54, 1.807) is 42.5 Å². The lowest BCUT2D eigenvalue weighted by molar-refractivity contribution is -0.139. The monoisotopic (exact) mass is 379 g/mol. The number of aryl methyl sites for hydroxylation is 2. The highest BCUT2D eigenvalue weighted by atomic mass is 16.5. The molecule has 1 heterocycles. The second kappa shape index (κ2) is 7.38. The van der Waals surface area contributed by atoms with E-state index in [0.29, 0.717) is 11.4 Å². The van der Waals surface area contributed by atoms with Gasteiger partial charge in [-0.05, 0) is 66.8 Å². The van der Waals surface area contributed by atoms with Crippen LogP contribution in [0.4, 0.5) is 5.69 Å². The van der Waals surface area contributed by atoms with Crippen LogP contribution in [0.15, 0.2) is 47.1 Å². The lowest BCUT2D eigenvalue weighted by atomic mass is 10.0. The molecule has 0 atom stereocenters. The van der Waals surface area contributed by atoms with Gasteiger partial charge in [0, 0.05) is 23.7 Å². The van der Waals surface area contributed by atoms with Crippen molar-refractivity contribution in [2.45, 2.75) is 25.7 Å². The molecule has 3 aromatic rings. The van der Waals surface area contributed by atoms with Crippen molar-refractivity contribution in [2.75, 3.05) is 18.6 Å². The summed E-state index contributed by atoms with van der Waals surface area (Å²) in [4.78, 5) is 24.9. The zero-order valence-corrected chi connectivity index (χ0v) is 15.6. The molecular formula is C22H21NO5. The number of hydrogen-bond acceptors (Lipinski definition) is 4. The minimum atomic E-state index is -1.03. The lowest BCUT2D eigenvalue weighted by Crippen LogP contribution is -2.27. The number of benzene rings is 2. The van der Waals surface area contributed by atoms with Crippen LogP contribution >= 0.6 is 0 Å². The van der Waals surface area contributed by atoms with Gasteiger partial charge in [-0.25, -0.2) is 4.79 Å². The van der Waals surface area contributed by atoms with Gasteiger partial charge in [-0.15, -0.1) is 0 Å². The van der Waals surface area contributed by atoms with Crippen molar-refractivity contribution in [1.82, 2.24) is 0 Å². The van der Waals surface area contributed by atoms with E-state index in [1.807, 2.05) is 0 Å². The van der Waals surface area contributed by atoms with Gasteiger partial charge in [0.2, 0.25) is 5.91 Å². The summed E-state index contributed by atoms with van der Waals surface area (Å²) in [6.45, 7) is -0.397. The molecular weight excluding hydrogens is 358 g/mol. The third-order valence-electron chi connectivity index (χ3n) is 5.17. The number of ether oxygens (including phenoxy) is 1. The number of carbonyl (C=O) groups is 2. The normalized spacial score (nSPS) is 12.8. The van der Waals surface area contributed by atoms with Gasteiger partial charge in [0.1, 0.15) is 11.3 Å². The molecule has 1 aliphatic carbocycles. The molecule has 28 heavy (non-hydrogen) atoms. The van der Waals surface area contributed by atoms with Gasteiger partial charge < -0.3 is 19.2 Å². The molecule has 0 unspecified atom stereocenters. The molecule has 6 heteroatoms. The molecule has 1 amide bonds. The van der Waals surface area contributed by atoms with E-state index in [2.05, 4.69) is 12.1 Å². The Morgan fingerprint density at radius 1 is 1.14 bits per heavy atom. The fourth-order valence-electron chi connectivity index (χ4n) is 3.62. The van der Waals surface area contributed by atoms with E-state index in [4.69, 9.17) is 14.3 Å². The number of furan rings is 1. The smallest absolute Gasteiger partial charge is 0.341 e. The van der Waals surface area contributed by atoms with Crippen LogP contribution in [0.3, 0.4) is 0 Å². The van der Waals surface area contributed by atoms with Crippen LogP contribution in [0.5, 0.6) is 5.75 Å². The molecule has 0 aliphatic heterocycles. The van der Waals surface area contributed by atoms with Crippen molar-refractivity contribution in [3.8, 4) is 5.75 Å². The maximum atomic E-state index is 12.8. The standard InChI is InChI=1S/C22H21NO5/c1-23(17-5-7-18(8-6-17)27-13-22(25)26)21(24)11-16-12-28-20-10-15-4-2-3-14(15)9-19(16)20/h5-10,12H,2-4,11,13H2,1H3,(H,25,26). The number of aliphatic carboxylic acids is 1. The minimum absolute atomic E-state index is 0.0533. The Morgan fingerprint density at radius 2 is 1.86 bits per heavy atom. The first-order valence-electron chi connectivity index (χ1n) is 9.24. The molecule has 1 N–H and O–H groups in total. The number of carboxylic acids is 1. The number of hydrogen-bond donors (Lipinski definition) is 1. The second-order valence-corrected chi connectivity index (χ2v) is 7.04. The Labute approximate surface area is 162 Å². The lowest BCUT2D eigenvalue weighted by Gasteiger charge is -2.17. The van der Waals surface area contributed by atoms with Crippen molar-refractivity contribution < 1.29 is 23.8 Å². The number of carbonyl (C=O) groups excluding carboxylic acids is 1. The second-order valence-electron chi connectivity index (χ2n) is 7.04. The van der Waals surface area contributed by atoms with Crippen molar-refractivity contribution in [1.29, 1.82) is 0 Å². The average Bonchev–Trinajstić information content (AvgIpc) is 3.31. The first kappa shape index (κ1) is 18.1. The van der Waals surface area contributed by atoms with Crippen LogP contribution in [-0.2, 0) is 28.9 Å². The van der Waals surface area contributed by atoms with E-state index in [0.717, 1.165) is 29.4 Å². The molecule has 1 aromatic heterocycles. The van der Waals surface area contributed by atoms with E-state index < -0.39 is 12.6 Å². The SMILES string of the molecule is CN(C(=O)Cc1coc2cc3c(cc12)CCC3)c1ccc(OCC(=O)O)cc1. The fourth-order valence-corrected chi connectivity index (χ4v) is 3.62. The first-order chi connectivity index (χ1) is 13.5. The van der Waals surface area contributed by atoms with Crippen molar-refractivity contribution in [3.63, 3.8) is 0 Å². The van der Waals surface area contributed by atoms with E-state index in [-0.39, 0.29) is 12.3 Å². The Balaban J connectivity index is 1.47. The van der Waals surface area contributed by atoms with Crippen LogP contribution in [0.2, 0.25) is 0 Å². The number of rotatable bonds is 6. The van der Waals surface area contributed by atoms with Gasteiger partial charge in [0.05, 0.1) is 12.7 Å². The summed E-state index contributed by atoms with van der Waals surface area (Å²) in [5.74, 6) is -0.640. The predicted octanol–water partition coefficient (Wildman–Crippen LogP) is 3.59. The largest absolute Gasteiger partial charge is 0.482 e. The Morgan fingerprint density at radius 3 is 2.57 bits per heavy atom. The van der Waals surface area contributed by atoms with Crippen LogP contribution in [-0.4, -0.2) is 30.6 Å². The maximum Gasteiger partial charge on any atom is 0.341 e. The van der Waals surface area contributed by atoms with E-state index in [9.17, 15) is 9.59 Å². The molecule has 0 fully saturated rings. The highest BCUT2D eigenvalue weighted by Crippen LogP contribution is 2.31. The first-order valence-corrected chi connectivity index (χ1v) is 9.24. The van der Waals surface area contributed by atoms with Gasteiger partial charge in [0.25, 0.3) is 0 Å². The van der Waals surface area contributed by atoms with Gasteiger partial charge in [-0.1, -0.05) is 0 Å². The fraction of sp³-hybridized carbons (Fsp3) is 0.273. The number of fused-ring (bicyclic) bond motifs is 2. The highest BCUT2D eigenvalue weighted by Gasteiger charge is 2.18. The van der Waals surface area contributed by atoms with E-state index >= 15 is 0 Å². The summed E-state index contributed by atoms with van der Waals surface area (Å²) < 4.78 is 10.8. The number of likely N-dealkylation sites (N-methyl/N-ethyl adjacent to an activating group) is 1. The number of amides is 1. The number of nitrogens with zero attached hydrogens (tertiary/aromatic N) is 1. The van der Waals surface area contributed by atoms with Gasteiger partial charge in [0.15, 0.2) is 6.61 Å². The topological polar surface area (TPSA) is 80.0 Å². The van der Waals surface area contributed by atoms with Gasteiger partial charge in [-0.3, -0.25) is 4.79 Å². The minimum Gasteiger partial charge on any atom is -0.482 e. The van der Waals surface area contributed by atoms with E-state index in [1.165, 1.54) is 17.5 Å². The van der Waals surface area contributed by atoms with Crippen molar-refractivity contribution in [3.05, 3.63) is 59.4 Å². The molecule has 4 rings (SSSR count). The molecule has 6 nitrogen and oxygen atoms in total. The molecule has 0 radical (unpaired) electrons. The van der Waals surface area contributed by atoms with Crippen LogP contribution in [0, 0.1) is 0 Å². The van der Waals surface area contributed by atoms with Crippen LogP contribution in [0.25, 0.3) is 11.0 Å². The third-order valence-corrected chi connectivity index (χ3v) is 5.17. The maximum absolute atomic E-state index is 12.8. The van der Waals surface area contributed by atoms with Crippen LogP contribution < -0.4 is 9.64 Å². The highest BCUT2D eigenvalue weighted by molar-refractivity contribution is 5.97. The summed E-state index contributed by atoms with van der Waals surface area (Å²) in [6, 6.07) is 11.0. The summed E-state index contributed by atoms with van der Waals surface area (Å²) in [5, 5.41) is 9.67. The summed E-state index contributed by atoms with van der Waals surface area (Å²) >= 11 is 0. The zero-order chi connectivity index (χ0) is 19.7. The number of carboxylic acid groups (broad SMARTS) is 1. The van der Waals surface area contributed by atoms with Crippen molar-refractivity contribution in [2.24, 2.45) is 0 Å². The molecule has 2 aromatic carbocycles. The Kier molecular flexibility index (Phi) is 4.77. The average molecular weight is 379 g/mol. The Bertz CT molecular complexity index is 1040. The molecule has 0 saturated carbocycles. The predicted molar refractivity (Wildman–Crippen MR) is 105 cm³/mol. The van der Waals surface area contributed by atoms with Crippen molar-refractivity contribution >= 4 is 28.5 Å².